The van der Waals surface area contributed by atoms with E-state index in [1.807, 2.05) is 37.3 Å². The molecule has 1 aliphatic carbocycles. The molecule has 0 atom stereocenters. The van der Waals surface area contributed by atoms with E-state index in [0.29, 0.717) is 47.4 Å². The van der Waals surface area contributed by atoms with Crippen LogP contribution in [0.5, 0.6) is 11.5 Å². The van der Waals surface area contributed by atoms with Crippen molar-refractivity contribution >= 4 is 22.7 Å². The maximum Gasteiger partial charge on any atom is 0.287 e. The molecule has 1 N–H and O–H groups in total. The molecule has 0 unspecified atom stereocenters. The molecule has 6 heteroatoms. The average molecular weight is 448 g/mol. The lowest BCUT2D eigenvalue weighted by molar-refractivity contribution is 0.0454. The van der Waals surface area contributed by atoms with E-state index in [9.17, 15) is 9.59 Å². The fourth-order valence-corrected chi connectivity index (χ4v) is 5.03. The topological polar surface area (TPSA) is 77.8 Å². The van der Waals surface area contributed by atoms with E-state index >= 15 is 0 Å². The van der Waals surface area contributed by atoms with Crippen molar-refractivity contribution in [3.63, 3.8) is 0 Å². The highest BCUT2D eigenvalue weighted by Gasteiger charge is 2.43. The van der Waals surface area contributed by atoms with E-state index in [4.69, 9.17) is 13.9 Å². The number of carbonyl (C=O) groups is 2. The second-order valence-corrected chi connectivity index (χ2v) is 9.14. The summed E-state index contributed by atoms with van der Waals surface area (Å²) in [7, 11) is 0. The van der Waals surface area contributed by atoms with Crippen LogP contribution in [-0.2, 0) is 6.54 Å². The molecule has 5 rings (SSSR count). The van der Waals surface area contributed by atoms with Crippen LogP contribution in [0.1, 0.15) is 77.5 Å². The van der Waals surface area contributed by atoms with Gasteiger partial charge in [0.05, 0.1) is 18.6 Å². The van der Waals surface area contributed by atoms with E-state index < -0.39 is 0 Å². The molecular weight excluding hydrogens is 418 g/mol. The lowest BCUT2D eigenvalue weighted by Crippen LogP contribution is -2.39. The van der Waals surface area contributed by atoms with Gasteiger partial charge < -0.3 is 19.2 Å². The number of ether oxygens (including phenoxy) is 2. The molecule has 0 bridgehead atoms. The maximum atomic E-state index is 13.2. The molecule has 1 spiro atoms. The van der Waals surface area contributed by atoms with Crippen molar-refractivity contribution in [2.75, 3.05) is 6.61 Å². The quantitative estimate of drug-likeness (QED) is 0.521. The van der Waals surface area contributed by atoms with Gasteiger partial charge >= 0.3 is 0 Å². The molecule has 1 fully saturated rings. The predicted molar refractivity (Wildman–Crippen MR) is 125 cm³/mol. The highest BCUT2D eigenvalue weighted by atomic mass is 16.5. The Kier molecular flexibility index (Phi) is 5.60. The van der Waals surface area contributed by atoms with Crippen molar-refractivity contribution in [1.29, 1.82) is 0 Å². The number of rotatable bonds is 6. The van der Waals surface area contributed by atoms with Crippen molar-refractivity contribution in [3.05, 3.63) is 58.8 Å². The number of Topliss-reactive ketones (excluding diaryl/α,β-unsaturated/α-hetero) is 1. The molecule has 172 valence electrons. The standard InChI is InChI=1S/C27H29NO5/c1-3-14-31-19-8-6-18(7-9-19)16-28-26(30)25-17(2)23-21(32-25)10-11-22-24(23)20(29)15-27(33-22)12-4-5-13-27/h6-11H,3-5,12-16H2,1-2H3,(H,28,30). The van der Waals surface area contributed by atoms with Crippen molar-refractivity contribution < 1.29 is 23.5 Å². The zero-order valence-electron chi connectivity index (χ0n) is 19.2. The Hall–Kier alpha value is -3.28. The molecule has 2 aliphatic rings. The van der Waals surface area contributed by atoms with Gasteiger partial charge in [0.1, 0.15) is 22.7 Å². The number of carbonyl (C=O) groups excluding carboxylic acids is 2. The molecule has 6 nitrogen and oxygen atoms in total. The van der Waals surface area contributed by atoms with Gasteiger partial charge in [-0.25, -0.2) is 0 Å². The van der Waals surface area contributed by atoms with E-state index in [1.54, 1.807) is 6.07 Å². The molecule has 1 amide bonds. The Labute approximate surface area is 193 Å². The third-order valence-electron chi connectivity index (χ3n) is 6.71. The fraction of sp³-hybridized carbons (Fsp3) is 0.407. The first-order valence-corrected chi connectivity index (χ1v) is 11.8. The Bertz CT molecular complexity index is 1200. The summed E-state index contributed by atoms with van der Waals surface area (Å²) in [6.45, 7) is 4.94. The molecule has 33 heavy (non-hydrogen) atoms. The minimum Gasteiger partial charge on any atom is -0.494 e. The minimum atomic E-state index is -0.354. The van der Waals surface area contributed by atoms with Crippen molar-refractivity contribution in [2.24, 2.45) is 0 Å². The molecule has 2 aromatic carbocycles. The Morgan fingerprint density at radius 3 is 2.61 bits per heavy atom. The summed E-state index contributed by atoms with van der Waals surface area (Å²) in [5, 5.41) is 3.61. The Morgan fingerprint density at radius 2 is 1.88 bits per heavy atom. The van der Waals surface area contributed by atoms with Crippen molar-refractivity contribution in [2.45, 2.75) is 64.5 Å². The van der Waals surface area contributed by atoms with E-state index in [2.05, 4.69) is 12.2 Å². The fourth-order valence-electron chi connectivity index (χ4n) is 5.03. The zero-order chi connectivity index (χ0) is 23.0. The van der Waals surface area contributed by atoms with Gasteiger partial charge in [-0.2, -0.15) is 0 Å². The van der Waals surface area contributed by atoms with Gasteiger partial charge in [0.15, 0.2) is 11.5 Å². The van der Waals surface area contributed by atoms with Crippen LogP contribution in [-0.4, -0.2) is 23.9 Å². The first-order valence-electron chi connectivity index (χ1n) is 11.8. The van der Waals surface area contributed by atoms with Gasteiger partial charge in [-0.1, -0.05) is 19.1 Å². The molecule has 3 aromatic rings. The predicted octanol–water partition coefficient (Wildman–Crippen LogP) is 5.74. The third-order valence-corrected chi connectivity index (χ3v) is 6.71. The van der Waals surface area contributed by atoms with Gasteiger partial charge in [0, 0.05) is 17.5 Å². The first-order chi connectivity index (χ1) is 16.0. The number of benzene rings is 2. The Morgan fingerprint density at radius 1 is 1.12 bits per heavy atom. The summed E-state index contributed by atoms with van der Waals surface area (Å²) in [4.78, 5) is 26.1. The molecular formula is C27H29NO5. The van der Waals surface area contributed by atoms with Crippen molar-refractivity contribution in [3.8, 4) is 11.5 Å². The molecule has 0 radical (unpaired) electrons. The van der Waals surface area contributed by atoms with Crippen molar-refractivity contribution in [1.82, 2.24) is 5.32 Å². The van der Waals surface area contributed by atoms with Crippen LogP contribution in [0.2, 0.25) is 0 Å². The molecule has 1 aromatic heterocycles. The highest BCUT2D eigenvalue weighted by molar-refractivity contribution is 6.13. The zero-order valence-corrected chi connectivity index (χ0v) is 19.2. The number of furan rings is 1. The summed E-state index contributed by atoms with van der Waals surface area (Å²) < 4.78 is 17.9. The third kappa shape index (κ3) is 3.99. The summed E-state index contributed by atoms with van der Waals surface area (Å²) in [5.74, 6) is 1.43. The lowest BCUT2D eigenvalue weighted by Gasteiger charge is -2.34. The van der Waals surface area contributed by atoms with Crippen LogP contribution < -0.4 is 14.8 Å². The molecule has 1 saturated carbocycles. The summed E-state index contributed by atoms with van der Waals surface area (Å²) in [6, 6.07) is 11.3. The summed E-state index contributed by atoms with van der Waals surface area (Å²) >= 11 is 0. The second-order valence-electron chi connectivity index (χ2n) is 9.14. The first kappa shape index (κ1) is 21.6. The van der Waals surface area contributed by atoms with Crippen LogP contribution in [0, 0.1) is 6.92 Å². The van der Waals surface area contributed by atoms with Crippen LogP contribution in [0.4, 0.5) is 0 Å². The number of amides is 1. The van der Waals surface area contributed by atoms with Crippen LogP contribution in [0.3, 0.4) is 0 Å². The summed E-state index contributed by atoms with van der Waals surface area (Å²) in [6.07, 6.45) is 5.36. The molecule has 0 saturated heterocycles. The SMILES string of the molecule is CCCOc1ccc(CNC(=O)c2oc3ccc4c(c3c2C)C(=O)CC2(CCCC2)O4)cc1. The maximum absolute atomic E-state index is 13.2. The van der Waals surface area contributed by atoms with Gasteiger partial charge in [-0.3, -0.25) is 9.59 Å². The summed E-state index contributed by atoms with van der Waals surface area (Å²) in [5.41, 5.74) is 2.36. The second kappa shape index (κ2) is 8.58. The molecule has 1 aliphatic heterocycles. The smallest absolute Gasteiger partial charge is 0.287 e. The van der Waals surface area contributed by atoms with Gasteiger partial charge in [-0.15, -0.1) is 0 Å². The highest BCUT2D eigenvalue weighted by Crippen LogP contribution is 2.46. The van der Waals surface area contributed by atoms with Gasteiger partial charge in [0.25, 0.3) is 5.91 Å². The number of hydrogen-bond donors (Lipinski definition) is 1. The van der Waals surface area contributed by atoms with Gasteiger partial charge in [0.2, 0.25) is 0 Å². The normalized spacial score (nSPS) is 16.6. The van der Waals surface area contributed by atoms with E-state index in [-0.39, 0.29) is 23.1 Å². The monoisotopic (exact) mass is 447 g/mol. The van der Waals surface area contributed by atoms with E-state index in [1.165, 1.54) is 0 Å². The van der Waals surface area contributed by atoms with Crippen LogP contribution >= 0.6 is 0 Å². The number of hydrogen-bond acceptors (Lipinski definition) is 5. The number of ketones is 1. The largest absolute Gasteiger partial charge is 0.494 e. The molecule has 2 heterocycles. The van der Waals surface area contributed by atoms with Crippen LogP contribution in [0.25, 0.3) is 11.0 Å². The lowest BCUT2D eigenvalue weighted by atomic mass is 9.87. The average Bonchev–Trinajstić information content (AvgIpc) is 3.40. The number of aryl methyl sites for hydroxylation is 1. The Balaban J connectivity index is 1.36. The number of nitrogens with one attached hydrogen (secondary N) is 1. The van der Waals surface area contributed by atoms with Crippen LogP contribution in [0.15, 0.2) is 40.8 Å². The minimum absolute atomic E-state index is 0.0741. The van der Waals surface area contributed by atoms with Gasteiger partial charge in [-0.05, 0) is 68.9 Å². The number of fused-ring (bicyclic) bond motifs is 3. The van der Waals surface area contributed by atoms with E-state index in [0.717, 1.165) is 43.4 Å².